The van der Waals surface area contributed by atoms with E-state index in [0.717, 1.165) is 4.47 Å². The third-order valence-corrected chi connectivity index (χ3v) is 5.46. The highest BCUT2D eigenvalue weighted by Crippen LogP contribution is 2.29. The van der Waals surface area contributed by atoms with Gasteiger partial charge in [-0.2, -0.15) is 5.01 Å². The molecule has 12 heteroatoms. The molecule has 0 spiro atoms. The summed E-state index contributed by atoms with van der Waals surface area (Å²) in [5.74, 6) is -2.24. The Morgan fingerprint density at radius 2 is 1.76 bits per heavy atom. The molecule has 1 fully saturated rings. The molecule has 0 saturated carbocycles. The molecule has 34 heavy (non-hydrogen) atoms. The first-order valence-corrected chi connectivity index (χ1v) is 11.5. The van der Waals surface area contributed by atoms with Gasteiger partial charge >= 0.3 is 18.0 Å². The van der Waals surface area contributed by atoms with Gasteiger partial charge in [-0.1, -0.05) is 29.8 Å². The maximum atomic E-state index is 13.1. The first kappa shape index (κ1) is 27.1. The van der Waals surface area contributed by atoms with Gasteiger partial charge in [-0.25, -0.2) is 15.0 Å². The topological polar surface area (TPSA) is 146 Å². The number of urea groups is 2. The Morgan fingerprint density at radius 1 is 1.15 bits per heavy atom. The minimum absolute atomic E-state index is 0.0155. The molecule has 2 rings (SSSR count). The predicted molar refractivity (Wildman–Crippen MR) is 127 cm³/mol. The Labute approximate surface area is 206 Å². The first-order chi connectivity index (χ1) is 15.7. The molecule has 1 atom stereocenters. The zero-order valence-electron chi connectivity index (χ0n) is 19.8. The van der Waals surface area contributed by atoms with Crippen molar-refractivity contribution in [3.8, 4) is 0 Å². The maximum Gasteiger partial charge on any atom is 0.344 e. The van der Waals surface area contributed by atoms with E-state index in [0.29, 0.717) is 10.7 Å². The van der Waals surface area contributed by atoms with Crippen LogP contribution in [0.3, 0.4) is 0 Å². The van der Waals surface area contributed by atoms with E-state index in [1.165, 1.54) is 0 Å². The Kier molecular flexibility index (Phi) is 8.65. The number of imide groups is 1. The van der Waals surface area contributed by atoms with Gasteiger partial charge in [0.1, 0.15) is 11.1 Å². The van der Waals surface area contributed by atoms with Crippen LogP contribution in [-0.4, -0.2) is 52.5 Å². The molecular weight excluding hydrogens is 510 g/mol. The smallest absolute Gasteiger partial charge is 0.344 e. The molecule has 186 valence electrons. The second kappa shape index (κ2) is 10.9. The van der Waals surface area contributed by atoms with Gasteiger partial charge in [0, 0.05) is 16.7 Å². The van der Waals surface area contributed by atoms with Crippen LogP contribution in [0, 0.1) is 5.92 Å². The lowest BCUT2D eigenvalue weighted by Gasteiger charge is -2.30. The number of hydrogen-bond donors (Lipinski definition) is 4. The predicted octanol–water partition coefficient (Wildman–Crippen LogP) is 2.67. The van der Waals surface area contributed by atoms with Gasteiger partial charge in [-0.05, 0) is 51.0 Å². The second-order valence-electron chi connectivity index (χ2n) is 9.13. The molecule has 0 aliphatic carbocycles. The van der Waals surface area contributed by atoms with Crippen LogP contribution in [-0.2, 0) is 19.1 Å². The summed E-state index contributed by atoms with van der Waals surface area (Å²) in [7, 11) is 0. The van der Waals surface area contributed by atoms with Crippen molar-refractivity contribution < 1.29 is 28.7 Å². The van der Waals surface area contributed by atoms with E-state index in [9.17, 15) is 24.0 Å². The van der Waals surface area contributed by atoms with Gasteiger partial charge in [0.2, 0.25) is 5.91 Å². The summed E-state index contributed by atoms with van der Waals surface area (Å²) in [6.45, 7) is 8.59. The summed E-state index contributed by atoms with van der Waals surface area (Å²) >= 11 is 3.29. The van der Waals surface area contributed by atoms with Crippen molar-refractivity contribution in [2.45, 2.75) is 58.6 Å². The van der Waals surface area contributed by atoms with Gasteiger partial charge < -0.3 is 20.7 Å². The number of hydrogen-bond acceptors (Lipinski definition) is 6. The first-order valence-electron chi connectivity index (χ1n) is 10.7. The fraction of sp³-hybridized carbons (Fsp3) is 0.500. The fourth-order valence-electron chi connectivity index (χ4n) is 3.21. The molecule has 6 amide bonds. The standard InChI is InChI=1S/C22H30BrN5O6/c1-13(2)22(12-16(29)24-11-10-17(30)34-21(3,4)5)18(31)28(20(33)26-22)27-19(32)25-15-8-6-14(23)7-9-15/h6-9,13H,10-12H2,1-5H3,(H,24,29)(H,26,33)(H2,25,27,32). The highest BCUT2D eigenvalue weighted by molar-refractivity contribution is 9.10. The largest absolute Gasteiger partial charge is 0.460 e. The van der Waals surface area contributed by atoms with Crippen LogP contribution >= 0.6 is 15.9 Å². The Hall–Kier alpha value is -3.15. The Balaban J connectivity index is 1.99. The average Bonchev–Trinajstić information content (AvgIpc) is 2.93. The molecule has 11 nitrogen and oxygen atoms in total. The lowest BCUT2D eigenvalue weighted by Crippen LogP contribution is -2.55. The number of carbonyl (C=O) groups is 5. The molecule has 1 unspecified atom stereocenters. The molecule has 4 N–H and O–H groups in total. The molecular formula is C22H30BrN5O6. The highest BCUT2D eigenvalue weighted by atomic mass is 79.9. The number of benzene rings is 1. The number of carbonyl (C=O) groups excluding carboxylic acids is 5. The van der Waals surface area contributed by atoms with Gasteiger partial charge in [-0.15, -0.1) is 0 Å². The third kappa shape index (κ3) is 7.17. The van der Waals surface area contributed by atoms with Crippen LogP contribution in [0.2, 0.25) is 0 Å². The monoisotopic (exact) mass is 539 g/mol. The maximum absolute atomic E-state index is 13.1. The molecule has 1 aliphatic heterocycles. The van der Waals surface area contributed by atoms with E-state index >= 15 is 0 Å². The Morgan fingerprint density at radius 3 is 2.32 bits per heavy atom. The molecule has 1 saturated heterocycles. The van der Waals surface area contributed by atoms with Crippen LogP contribution in [0.1, 0.15) is 47.5 Å². The van der Waals surface area contributed by atoms with E-state index < -0.39 is 46.9 Å². The van der Waals surface area contributed by atoms with Crippen molar-refractivity contribution in [2.75, 3.05) is 11.9 Å². The number of halogens is 1. The third-order valence-electron chi connectivity index (χ3n) is 4.93. The van der Waals surface area contributed by atoms with E-state index in [4.69, 9.17) is 4.74 Å². The average molecular weight is 540 g/mol. The zero-order valence-corrected chi connectivity index (χ0v) is 21.4. The molecule has 0 aromatic heterocycles. The van der Waals surface area contributed by atoms with Crippen molar-refractivity contribution in [1.29, 1.82) is 0 Å². The number of anilines is 1. The molecule has 1 aromatic carbocycles. The SMILES string of the molecule is CC(C)C1(CC(=O)NCCC(=O)OC(C)(C)C)NC(=O)N(NC(=O)Nc2ccc(Br)cc2)C1=O. The lowest BCUT2D eigenvalue weighted by molar-refractivity contribution is -0.154. The molecule has 0 radical (unpaired) electrons. The summed E-state index contributed by atoms with van der Waals surface area (Å²) < 4.78 is 6.00. The van der Waals surface area contributed by atoms with Crippen LogP contribution in [0.25, 0.3) is 0 Å². The van der Waals surface area contributed by atoms with Gasteiger partial charge in [0.15, 0.2) is 0 Å². The number of esters is 1. The molecule has 1 heterocycles. The summed E-state index contributed by atoms with van der Waals surface area (Å²) in [5, 5.41) is 8.19. The van der Waals surface area contributed by atoms with E-state index in [1.807, 2.05) is 0 Å². The summed E-state index contributed by atoms with van der Waals surface area (Å²) in [5.41, 5.74) is 0.479. The molecule has 0 bridgehead atoms. The summed E-state index contributed by atoms with van der Waals surface area (Å²) in [4.78, 5) is 62.3. The Bertz CT molecular complexity index is 960. The van der Waals surface area contributed by atoms with Crippen LogP contribution < -0.4 is 21.4 Å². The fourth-order valence-corrected chi connectivity index (χ4v) is 3.48. The van der Waals surface area contributed by atoms with Gasteiger partial charge in [0.25, 0.3) is 5.91 Å². The van der Waals surface area contributed by atoms with Crippen LogP contribution in [0.4, 0.5) is 15.3 Å². The minimum atomic E-state index is -1.56. The highest BCUT2D eigenvalue weighted by Gasteiger charge is 2.55. The summed E-state index contributed by atoms with van der Waals surface area (Å²) in [6, 6.07) is 5.05. The van der Waals surface area contributed by atoms with E-state index in [1.54, 1.807) is 58.9 Å². The quantitative estimate of drug-likeness (QED) is 0.295. The van der Waals surface area contributed by atoms with E-state index in [-0.39, 0.29) is 19.4 Å². The van der Waals surface area contributed by atoms with Crippen LogP contribution in [0.5, 0.6) is 0 Å². The number of ether oxygens (including phenoxy) is 1. The number of nitrogens with one attached hydrogen (secondary N) is 4. The normalized spacial score (nSPS) is 17.9. The van der Waals surface area contributed by atoms with Crippen molar-refractivity contribution >= 4 is 51.5 Å². The van der Waals surface area contributed by atoms with Gasteiger partial charge in [0.05, 0.1) is 12.8 Å². The molecule has 1 aliphatic rings. The number of nitrogens with zero attached hydrogens (tertiary/aromatic N) is 1. The van der Waals surface area contributed by atoms with Crippen molar-refractivity contribution in [1.82, 2.24) is 21.1 Å². The van der Waals surface area contributed by atoms with Crippen LogP contribution in [0.15, 0.2) is 28.7 Å². The van der Waals surface area contributed by atoms with Crippen molar-refractivity contribution in [3.05, 3.63) is 28.7 Å². The molecule has 1 aromatic rings. The lowest BCUT2D eigenvalue weighted by atomic mass is 9.83. The van der Waals surface area contributed by atoms with Crippen molar-refractivity contribution in [2.24, 2.45) is 5.92 Å². The number of hydrazine groups is 1. The second-order valence-corrected chi connectivity index (χ2v) is 10.0. The number of rotatable bonds is 8. The summed E-state index contributed by atoms with van der Waals surface area (Å²) in [6.07, 6.45) is -0.405. The van der Waals surface area contributed by atoms with Crippen molar-refractivity contribution in [3.63, 3.8) is 0 Å². The minimum Gasteiger partial charge on any atom is -0.460 e. The van der Waals surface area contributed by atoms with Gasteiger partial charge in [-0.3, -0.25) is 14.4 Å². The zero-order chi connectivity index (χ0) is 25.7. The van der Waals surface area contributed by atoms with E-state index in [2.05, 4.69) is 37.3 Å². The number of amides is 6.